The molecule has 0 radical (unpaired) electrons. The summed E-state index contributed by atoms with van der Waals surface area (Å²) in [5.74, 6) is 0.0342. The van der Waals surface area contributed by atoms with Crippen LogP contribution in [0.3, 0.4) is 0 Å². The van der Waals surface area contributed by atoms with Gasteiger partial charge in [-0.15, -0.1) is 11.3 Å². The molecule has 1 N–H and O–H groups in total. The molecule has 2 aromatic heterocycles. The van der Waals surface area contributed by atoms with E-state index in [2.05, 4.69) is 15.3 Å². The Morgan fingerprint density at radius 1 is 1.19 bits per heavy atom. The van der Waals surface area contributed by atoms with Gasteiger partial charge in [-0.3, -0.25) is 15.1 Å². The van der Waals surface area contributed by atoms with Crippen molar-refractivity contribution in [3.8, 4) is 17.0 Å². The van der Waals surface area contributed by atoms with Crippen molar-refractivity contribution >= 4 is 28.5 Å². The van der Waals surface area contributed by atoms with Gasteiger partial charge in [-0.2, -0.15) is 0 Å². The van der Waals surface area contributed by atoms with Gasteiger partial charge in [0.1, 0.15) is 12.4 Å². The lowest BCUT2D eigenvalue weighted by atomic mass is 10.2. The van der Waals surface area contributed by atoms with Gasteiger partial charge in [0.15, 0.2) is 5.13 Å². The Morgan fingerprint density at radius 2 is 1.93 bits per heavy atom. The highest BCUT2D eigenvalue weighted by Crippen LogP contribution is 2.24. The van der Waals surface area contributed by atoms with Crippen LogP contribution >= 0.6 is 11.3 Å². The molecule has 1 aromatic carbocycles. The van der Waals surface area contributed by atoms with Gasteiger partial charge in [0.05, 0.1) is 5.69 Å². The zero-order valence-corrected chi connectivity index (χ0v) is 14.8. The maximum atomic E-state index is 12.1. The standard InChI is InChI=1S/C19H15F2N3O2S/c20-17(21)11-26-15-4-1-13(2-5-15)3-6-18(25)24-19-23-16(12-27-19)14-7-9-22-10-8-14/h1-10,12,17H,11H2,(H,23,24,25). The summed E-state index contributed by atoms with van der Waals surface area (Å²) in [5.41, 5.74) is 2.43. The summed E-state index contributed by atoms with van der Waals surface area (Å²) in [6.07, 6.45) is 3.84. The summed E-state index contributed by atoms with van der Waals surface area (Å²) in [4.78, 5) is 20.4. The second-order valence-corrected chi connectivity index (χ2v) is 6.23. The maximum Gasteiger partial charge on any atom is 0.272 e. The molecule has 0 spiro atoms. The van der Waals surface area contributed by atoms with Crippen molar-refractivity contribution in [1.29, 1.82) is 0 Å². The number of nitrogens with one attached hydrogen (secondary N) is 1. The summed E-state index contributed by atoms with van der Waals surface area (Å²) in [7, 11) is 0. The van der Waals surface area contributed by atoms with Crippen molar-refractivity contribution in [3.05, 3.63) is 65.8 Å². The van der Waals surface area contributed by atoms with E-state index in [9.17, 15) is 13.6 Å². The first-order chi connectivity index (χ1) is 13.1. The van der Waals surface area contributed by atoms with E-state index in [4.69, 9.17) is 4.74 Å². The number of nitrogens with zero attached hydrogens (tertiary/aromatic N) is 2. The third-order valence-corrected chi connectivity index (χ3v) is 4.15. The van der Waals surface area contributed by atoms with Crippen LogP contribution in [-0.2, 0) is 4.79 Å². The molecule has 3 aromatic rings. The number of ether oxygens (including phenoxy) is 1. The summed E-state index contributed by atoms with van der Waals surface area (Å²) in [6.45, 7) is -0.646. The fraction of sp³-hybridized carbons (Fsp3) is 0.105. The Kier molecular flexibility index (Phi) is 6.22. The van der Waals surface area contributed by atoms with Gasteiger partial charge in [0, 0.05) is 29.4 Å². The molecular weight excluding hydrogens is 372 g/mol. The van der Waals surface area contributed by atoms with E-state index in [1.165, 1.54) is 17.4 Å². The molecule has 0 bridgehead atoms. The van der Waals surface area contributed by atoms with Crippen molar-refractivity contribution in [1.82, 2.24) is 9.97 Å². The first-order valence-corrected chi connectivity index (χ1v) is 8.84. The van der Waals surface area contributed by atoms with E-state index >= 15 is 0 Å². The molecule has 0 aliphatic carbocycles. The number of hydrogen-bond donors (Lipinski definition) is 1. The minimum absolute atomic E-state index is 0.316. The van der Waals surface area contributed by atoms with Crippen LogP contribution in [-0.4, -0.2) is 28.9 Å². The van der Waals surface area contributed by atoms with Gasteiger partial charge in [-0.25, -0.2) is 13.8 Å². The SMILES string of the molecule is O=C(C=Cc1ccc(OCC(F)F)cc1)Nc1nc(-c2ccncc2)cs1. The largest absolute Gasteiger partial charge is 0.488 e. The van der Waals surface area contributed by atoms with Crippen LogP contribution in [0.5, 0.6) is 5.75 Å². The van der Waals surface area contributed by atoms with E-state index in [0.717, 1.165) is 16.8 Å². The zero-order chi connectivity index (χ0) is 19.1. The van der Waals surface area contributed by atoms with Crippen LogP contribution in [0.4, 0.5) is 13.9 Å². The van der Waals surface area contributed by atoms with Gasteiger partial charge in [-0.05, 0) is 35.9 Å². The molecule has 0 unspecified atom stereocenters. The third-order valence-electron chi connectivity index (χ3n) is 3.39. The first kappa shape index (κ1) is 18.7. The zero-order valence-electron chi connectivity index (χ0n) is 14.0. The molecule has 0 saturated carbocycles. The molecular formula is C19H15F2N3O2S. The van der Waals surface area contributed by atoms with E-state index in [-0.39, 0.29) is 5.91 Å². The van der Waals surface area contributed by atoms with Crippen LogP contribution < -0.4 is 10.1 Å². The third kappa shape index (κ3) is 5.68. The highest BCUT2D eigenvalue weighted by atomic mass is 32.1. The van der Waals surface area contributed by atoms with Gasteiger partial charge in [0.2, 0.25) is 5.91 Å². The Labute approximate surface area is 158 Å². The molecule has 0 saturated heterocycles. The van der Waals surface area contributed by atoms with Crippen molar-refractivity contribution < 1.29 is 18.3 Å². The van der Waals surface area contributed by atoms with E-state index < -0.39 is 13.0 Å². The van der Waals surface area contributed by atoms with Crippen LogP contribution in [0.25, 0.3) is 17.3 Å². The number of pyridine rings is 1. The second kappa shape index (κ2) is 9.00. The Morgan fingerprint density at radius 3 is 2.63 bits per heavy atom. The molecule has 8 heteroatoms. The summed E-state index contributed by atoms with van der Waals surface area (Å²) in [6, 6.07) is 10.2. The van der Waals surface area contributed by atoms with Gasteiger partial charge in [0.25, 0.3) is 6.43 Å². The minimum atomic E-state index is -2.52. The van der Waals surface area contributed by atoms with Crippen molar-refractivity contribution in [2.45, 2.75) is 6.43 Å². The minimum Gasteiger partial charge on any atom is -0.488 e. The topological polar surface area (TPSA) is 64.1 Å². The maximum absolute atomic E-state index is 12.1. The quantitative estimate of drug-likeness (QED) is 0.606. The average molecular weight is 387 g/mol. The van der Waals surface area contributed by atoms with E-state index in [1.807, 2.05) is 17.5 Å². The second-order valence-electron chi connectivity index (χ2n) is 5.37. The number of rotatable bonds is 7. The van der Waals surface area contributed by atoms with Crippen molar-refractivity contribution in [2.24, 2.45) is 0 Å². The van der Waals surface area contributed by atoms with E-state index in [1.54, 1.807) is 42.7 Å². The summed E-state index contributed by atoms with van der Waals surface area (Å²) < 4.78 is 29.1. The fourth-order valence-corrected chi connectivity index (χ4v) is 2.86. The molecule has 2 heterocycles. The molecule has 0 fully saturated rings. The van der Waals surface area contributed by atoms with Crippen LogP contribution in [0.15, 0.2) is 60.2 Å². The number of amides is 1. The first-order valence-electron chi connectivity index (χ1n) is 7.96. The van der Waals surface area contributed by atoms with Crippen molar-refractivity contribution in [3.63, 3.8) is 0 Å². The van der Waals surface area contributed by atoms with Gasteiger partial charge >= 0.3 is 0 Å². The highest BCUT2D eigenvalue weighted by Gasteiger charge is 2.06. The summed E-state index contributed by atoms with van der Waals surface area (Å²) >= 11 is 1.33. The highest BCUT2D eigenvalue weighted by molar-refractivity contribution is 7.14. The Bertz CT molecular complexity index is 912. The molecule has 3 rings (SSSR count). The fourth-order valence-electron chi connectivity index (χ4n) is 2.14. The molecule has 0 aliphatic rings. The number of alkyl halides is 2. The average Bonchev–Trinajstić information content (AvgIpc) is 3.14. The number of aromatic nitrogens is 2. The van der Waals surface area contributed by atoms with Crippen LogP contribution in [0.2, 0.25) is 0 Å². The number of carbonyl (C=O) groups excluding carboxylic acids is 1. The Hall–Kier alpha value is -3.13. The molecule has 0 atom stereocenters. The number of anilines is 1. The molecule has 27 heavy (non-hydrogen) atoms. The number of hydrogen-bond acceptors (Lipinski definition) is 5. The lowest BCUT2D eigenvalue weighted by Gasteiger charge is -2.05. The van der Waals surface area contributed by atoms with Crippen molar-refractivity contribution in [2.75, 3.05) is 11.9 Å². The smallest absolute Gasteiger partial charge is 0.272 e. The lowest BCUT2D eigenvalue weighted by Crippen LogP contribution is -2.07. The predicted molar refractivity (Wildman–Crippen MR) is 101 cm³/mol. The monoisotopic (exact) mass is 387 g/mol. The molecule has 1 amide bonds. The molecule has 0 aliphatic heterocycles. The van der Waals surface area contributed by atoms with Gasteiger partial charge in [-0.1, -0.05) is 12.1 Å². The number of carbonyl (C=O) groups is 1. The van der Waals surface area contributed by atoms with Crippen LogP contribution in [0.1, 0.15) is 5.56 Å². The summed E-state index contributed by atoms with van der Waals surface area (Å²) in [5, 5.41) is 5.05. The number of benzene rings is 1. The lowest BCUT2D eigenvalue weighted by molar-refractivity contribution is -0.111. The normalized spacial score (nSPS) is 11.1. The Balaban J connectivity index is 1.55. The van der Waals surface area contributed by atoms with Gasteiger partial charge < -0.3 is 4.74 Å². The number of halogens is 2. The van der Waals surface area contributed by atoms with E-state index in [0.29, 0.717) is 10.9 Å². The number of thiazole rings is 1. The molecule has 138 valence electrons. The molecule has 5 nitrogen and oxygen atoms in total. The predicted octanol–water partition coefficient (Wildman–Crippen LogP) is 4.50. The van der Waals surface area contributed by atoms with Crippen LogP contribution in [0, 0.1) is 0 Å².